The van der Waals surface area contributed by atoms with Crippen LogP contribution in [0.4, 0.5) is 5.69 Å². The van der Waals surface area contributed by atoms with Crippen LogP contribution in [0.5, 0.6) is 0 Å². The highest BCUT2D eigenvalue weighted by Gasteiger charge is 2.14. The molecule has 0 bridgehead atoms. The van der Waals surface area contributed by atoms with Gasteiger partial charge in [0.25, 0.3) is 11.6 Å². The SMILES string of the molecule is O=C(NCc1cccs1)c1cc2cc([N+](=O)[O-])ccc2c(=O)o1. The summed E-state index contributed by atoms with van der Waals surface area (Å²) in [7, 11) is 0. The van der Waals surface area contributed by atoms with E-state index in [1.54, 1.807) is 0 Å². The lowest BCUT2D eigenvalue weighted by atomic mass is 10.1. The Morgan fingerprint density at radius 2 is 2.13 bits per heavy atom. The van der Waals surface area contributed by atoms with E-state index < -0.39 is 16.5 Å². The molecule has 0 spiro atoms. The average molecular weight is 330 g/mol. The fourth-order valence-electron chi connectivity index (χ4n) is 2.07. The van der Waals surface area contributed by atoms with Gasteiger partial charge in [-0.2, -0.15) is 0 Å². The van der Waals surface area contributed by atoms with Crippen molar-refractivity contribution in [1.29, 1.82) is 0 Å². The van der Waals surface area contributed by atoms with Crippen LogP contribution >= 0.6 is 11.3 Å². The maximum Gasteiger partial charge on any atom is 0.344 e. The number of thiophene rings is 1. The first-order chi connectivity index (χ1) is 11.0. The maximum atomic E-state index is 12.1. The smallest absolute Gasteiger partial charge is 0.344 e. The summed E-state index contributed by atoms with van der Waals surface area (Å²) in [6.45, 7) is 0.313. The molecule has 0 radical (unpaired) electrons. The molecule has 116 valence electrons. The van der Waals surface area contributed by atoms with Gasteiger partial charge in [-0.15, -0.1) is 11.3 Å². The Bertz CT molecular complexity index is 946. The second-order valence-electron chi connectivity index (χ2n) is 4.69. The lowest BCUT2D eigenvalue weighted by molar-refractivity contribution is -0.384. The quantitative estimate of drug-likeness (QED) is 0.585. The highest BCUT2D eigenvalue weighted by Crippen LogP contribution is 2.19. The molecule has 8 heteroatoms. The van der Waals surface area contributed by atoms with Gasteiger partial charge in [-0.3, -0.25) is 14.9 Å². The Labute approximate surface area is 133 Å². The Kier molecular flexibility index (Phi) is 3.90. The number of benzene rings is 1. The molecule has 1 N–H and O–H groups in total. The lowest BCUT2D eigenvalue weighted by Gasteiger charge is -2.04. The number of nitrogens with one attached hydrogen (secondary N) is 1. The number of amides is 1. The van der Waals surface area contributed by atoms with Gasteiger partial charge < -0.3 is 9.73 Å². The summed E-state index contributed by atoms with van der Waals surface area (Å²) in [5.41, 5.74) is -0.869. The van der Waals surface area contributed by atoms with Gasteiger partial charge >= 0.3 is 5.63 Å². The van der Waals surface area contributed by atoms with Crippen molar-refractivity contribution in [2.75, 3.05) is 0 Å². The number of hydrogen-bond acceptors (Lipinski definition) is 6. The zero-order valence-corrected chi connectivity index (χ0v) is 12.5. The molecule has 2 heterocycles. The normalized spacial score (nSPS) is 10.6. The number of nitro benzene ring substituents is 1. The number of nitrogens with zero attached hydrogens (tertiary/aromatic N) is 1. The van der Waals surface area contributed by atoms with Gasteiger partial charge in [0.1, 0.15) is 0 Å². The number of non-ortho nitro benzene ring substituents is 1. The third kappa shape index (κ3) is 3.11. The molecule has 2 aromatic heterocycles. The van der Waals surface area contributed by atoms with E-state index in [9.17, 15) is 19.7 Å². The van der Waals surface area contributed by atoms with Crippen LogP contribution in [0.25, 0.3) is 10.8 Å². The van der Waals surface area contributed by atoms with E-state index >= 15 is 0 Å². The highest BCUT2D eigenvalue weighted by molar-refractivity contribution is 7.09. The van der Waals surface area contributed by atoms with Crippen molar-refractivity contribution in [1.82, 2.24) is 5.32 Å². The lowest BCUT2D eigenvalue weighted by Crippen LogP contribution is -2.23. The number of carbonyl (C=O) groups excluding carboxylic acids is 1. The van der Waals surface area contributed by atoms with E-state index in [-0.39, 0.29) is 22.2 Å². The minimum Gasteiger partial charge on any atom is -0.417 e. The average Bonchev–Trinajstić information content (AvgIpc) is 3.05. The summed E-state index contributed by atoms with van der Waals surface area (Å²) < 4.78 is 4.99. The third-order valence-corrected chi connectivity index (χ3v) is 4.06. The minimum atomic E-state index is -0.710. The first kappa shape index (κ1) is 14.9. The number of carbonyl (C=O) groups is 1. The molecule has 0 saturated carbocycles. The number of nitro groups is 1. The van der Waals surface area contributed by atoms with Crippen LogP contribution in [0.15, 0.2) is 51.0 Å². The zero-order valence-electron chi connectivity index (χ0n) is 11.6. The van der Waals surface area contributed by atoms with Gasteiger partial charge in [0.15, 0.2) is 5.76 Å². The van der Waals surface area contributed by atoms with Crippen LogP contribution in [0.3, 0.4) is 0 Å². The Balaban J connectivity index is 1.92. The predicted molar refractivity (Wildman–Crippen MR) is 84.6 cm³/mol. The first-order valence-electron chi connectivity index (χ1n) is 6.57. The zero-order chi connectivity index (χ0) is 16.4. The van der Waals surface area contributed by atoms with Gasteiger partial charge in [-0.1, -0.05) is 6.07 Å². The standard InChI is InChI=1S/C15H10N2O5S/c18-14(16-8-11-2-1-5-23-11)13-7-9-6-10(17(20)21)3-4-12(9)15(19)22-13/h1-7H,8H2,(H,16,18). The molecule has 0 aliphatic rings. The highest BCUT2D eigenvalue weighted by atomic mass is 32.1. The largest absolute Gasteiger partial charge is 0.417 e. The third-order valence-electron chi connectivity index (χ3n) is 3.18. The van der Waals surface area contributed by atoms with Crippen molar-refractivity contribution in [3.63, 3.8) is 0 Å². The van der Waals surface area contributed by atoms with E-state index in [4.69, 9.17) is 4.42 Å². The molecule has 0 saturated heterocycles. The molecule has 3 rings (SSSR count). The van der Waals surface area contributed by atoms with Crippen LogP contribution in [-0.2, 0) is 6.54 Å². The van der Waals surface area contributed by atoms with Crippen molar-refractivity contribution in [2.45, 2.75) is 6.54 Å². The molecule has 3 aromatic rings. The van der Waals surface area contributed by atoms with E-state index in [1.165, 1.54) is 35.6 Å². The topological polar surface area (TPSA) is 102 Å². The fraction of sp³-hybridized carbons (Fsp3) is 0.0667. The molecular formula is C15H10N2O5S. The number of hydrogen-bond donors (Lipinski definition) is 1. The molecule has 0 unspecified atom stereocenters. The second kappa shape index (κ2) is 6.01. The fourth-order valence-corrected chi connectivity index (χ4v) is 2.72. The van der Waals surface area contributed by atoms with Gasteiger partial charge in [-0.05, 0) is 29.0 Å². The summed E-state index contributed by atoms with van der Waals surface area (Å²) in [5, 5.41) is 15.8. The molecular weight excluding hydrogens is 320 g/mol. The number of fused-ring (bicyclic) bond motifs is 1. The van der Waals surface area contributed by atoms with Gasteiger partial charge in [-0.25, -0.2) is 4.79 Å². The van der Waals surface area contributed by atoms with Gasteiger partial charge in [0, 0.05) is 17.0 Å². The van der Waals surface area contributed by atoms with Crippen LogP contribution in [0, 0.1) is 10.1 Å². The first-order valence-corrected chi connectivity index (χ1v) is 7.45. The predicted octanol–water partition coefficient (Wildman–Crippen LogP) is 2.69. The summed E-state index contributed by atoms with van der Waals surface area (Å²) in [5.74, 6) is -0.733. The van der Waals surface area contributed by atoms with Crippen LogP contribution in [0.1, 0.15) is 15.4 Å². The molecule has 0 atom stereocenters. The Morgan fingerprint density at radius 3 is 2.83 bits per heavy atom. The Morgan fingerprint density at radius 1 is 1.30 bits per heavy atom. The van der Waals surface area contributed by atoms with E-state index in [1.807, 2.05) is 17.5 Å². The second-order valence-corrected chi connectivity index (χ2v) is 5.72. The summed E-state index contributed by atoms with van der Waals surface area (Å²) in [6.07, 6.45) is 0. The molecule has 23 heavy (non-hydrogen) atoms. The van der Waals surface area contributed by atoms with Crippen molar-refractivity contribution in [3.05, 3.63) is 73.0 Å². The van der Waals surface area contributed by atoms with Crippen molar-refractivity contribution >= 4 is 33.7 Å². The van der Waals surface area contributed by atoms with Gasteiger partial charge in [0.05, 0.1) is 16.9 Å². The van der Waals surface area contributed by atoms with E-state index in [0.717, 1.165) is 4.88 Å². The summed E-state index contributed by atoms with van der Waals surface area (Å²) in [6, 6.07) is 8.82. The van der Waals surface area contributed by atoms with Crippen molar-refractivity contribution in [2.24, 2.45) is 0 Å². The summed E-state index contributed by atoms with van der Waals surface area (Å²) in [4.78, 5) is 35.2. The van der Waals surface area contributed by atoms with Crippen LogP contribution in [0.2, 0.25) is 0 Å². The Hall–Kier alpha value is -3.00. The van der Waals surface area contributed by atoms with Crippen LogP contribution in [-0.4, -0.2) is 10.8 Å². The molecule has 7 nitrogen and oxygen atoms in total. The van der Waals surface area contributed by atoms with Crippen molar-refractivity contribution < 1.29 is 14.1 Å². The van der Waals surface area contributed by atoms with E-state index in [2.05, 4.69) is 5.32 Å². The van der Waals surface area contributed by atoms with Crippen molar-refractivity contribution in [3.8, 4) is 0 Å². The van der Waals surface area contributed by atoms with E-state index in [0.29, 0.717) is 6.54 Å². The molecule has 0 aliphatic heterocycles. The molecule has 1 aromatic carbocycles. The molecule has 0 aliphatic carbocycles. The monoisotopic (exact) mass is 330 g/mol. The summed E-state index contributed by atoms with van der Waals surface area (Å²) >= 11 is 1.49. The number of rotatable bonds is 4. The van der Waals surface area contributed by atoms with Gasteiger partial charge in [0.2, 0.25) is 0 Å². The molecule has 0 fully saturated rings. The molecule has 1 amide bonds. The maximum absolute atomic E-state index is 12.1. The minimum absolute atomic E-state index is 0.159. The van der Waals surface area contributed by atoms with Crippen LogP contribution < -0.4 is 10.9 Å².